The summed E-state index contributed by atoms with van der Waals surface area (Å²) < 4.78 is 48.9. The Balaban J connectivity index is 1.59. The second-order valence-corrected chi connectivity index (χ2v) is 7.00. The SMILES string of the molecule is Cc1nc2c(OCc3c(F)cccc3F)cccn2c1C(=O)Cc1cnn(CCF)c1. The highest BCUT2D eigenvalue weighted by atomic mass is 19.1. The summed E-state index contributed by atoms with van der Waals surface area (Å²) in [6, 6.07) is 6.89. The van der Waals surface area contributed by atoms with Crippen molar-refractivity contribution in [3.05, 3.63) is 83.1 Å². The third-order valence-corrected chi connectivity index (χ3v) is 4.85. The maximum atomic E-state index is 13.9. The number of halogens is 3. The molecule has 6 nitrogen and oxygen atoms in total. The van der Waals surface area contributed by atoms with Crippen LogP contribution in [-0.2, 0) is 19.6 Å². The zero-order chi connectivity index (χ0) is 22.0. The van der Waals surface area contributed by atoms with Crippen LogP contribution in [0.3, 0.4) is 0 Å². The molecule has 31 heavy (non-hydrogen) atoms. The van der Waals surface area contributed by atoms with Crippen molar-refractivity contribution >= 4 is 11.4 Å². The van der Waals surface area contributed by atoms with Crippen LogP contribution in [0.5, 0.6) is 5.75 Å². The molecule has 0 aliphatic carbocycles. The van der Waals surface area contributed by atoms with Gasteiger partial charge in [-0.05, 0) is 36.8 Å². The van der Waals surface area contributed by atoms with Crippen LogP contribution in [-0.4, -0.2) is 31.6 Å². The third kappa shape index (κ3) is 4.16. The zero-order valence-corrected chi connectivity index (χ0v) is 16.7. The number of hydrogen-bond acceptors (Lipinski definition) is 4. The molecule has 1 aromatic carbocycles. The van der Waals surface area contributed by atoms with Crippen molar-refractivity contribution < 1.29 is 22.7 Å². The molecular formula is C22H19F3N4O2. The number of aryl methyl sites for hydroxylation is 2. The van der Waals surface area contributed by atoms with E-state index >= 15 is 0 Å². The Labute approximate surface area is 175 Å². The molecule has 0 aliphatic heterocycles. The van der Waals surface area contributed by atoms with E-state index in [2.05, 4.69) is 10.1 Å². The number of fused-ring (bicyclic) bond motifs is 1. The van der Waals surface area contributed by atoms with Crippen LogP contribution in [0.4, 0.5) is 13.2 Å². The predicted octanol–water partition coefficient (Wildman–Crippen LogP) is 4.09. The van der Waals surface area contributed by atoms with Crippen LogP contribution >= 0.6 is 0 Å². The van der Waals surface area contributed by atoms with Crippen molar-refractivity contribution in [2.24, 2.45) is 0 Å². The number of aromatic nitrogens is 4. The first kappa shape index (κ1) is 20.6. The average Bonchev–Trinajstić information content (AvgIpc) is 3.31. The van der Waals surface area contributed by atoms with Crippen molar-refractivity contribution in [3.63, 3.8) is 0 Å². The lowest BCUT2D eigenvalue weighted by molar-refractivity contribution is 0.0986. The number of ketones is 1. The molecule has 0 saturated heterocycles. The lowest BCUT2D eigenvalue weighted by atomic mass is 10.1. The summed E-state index contributed by atoms with van der Waals surface area (Å²) in [7, 11) is 0. The number of carbonyl (C=O) groups is 1. The number of benzene rings is 1. The molecule has 3 heterocycles. The van der Waals surface area contributed by atoms with E-state index < -0.39 is 18.3 Å². The van der Waals surface area contributed by atoms with Gasteiger partial charge in [0.1, 0.15) is 30.6 Å². The van der Waals surface area contributed by atoms with Gasteiger partial charge in [0.05, 0.1) is 24.0 Å². The minimum absolute atomic E-state index is 0.0758. The molecule has 0 aliphatic rings. The van der Waals surface area contributed by atoms with E-state index in [1.54, 1.807) is 35.9 Å². The van der Waals surface area contributed by atoms with E-state index in [0.717, 1.165) is 12.1 Å². The molecule has 0 saturated carbocycles. The van der Waals surface area contributed by atoms with Crippen molar-refractivity contribution in [1.29, 1.82) is 0 Å². The summed E-state index contributed by atoms with van der Waals surface area (Å²) in [4.78, 5) is 17.4. The minimum atomic E-state index is -0.698. The van der Waals surface area contributed by atoms with Crippen molar-refractivity contribution in [3.8, 4) is 5.75 Å². The molecule has 4 aromatic rings. The van der Waals surface area contributed by atoms with Crippen LogP contribution in [0.1, 0.15) is 27.3 Å². The number of nitrogens with zero attached hydrogens (tertiary/aromatic N) is 4. The van der Waals surface area contributed by atoms with Crippen LogP contribution < -0.4 is 4.74 Å². The second kappa shape index (κ2) is 8.63. The molecule has 0 radical (unpaired) electrons. The van der Waals surface area contributed by atoms with E-state index in [9.17, 15) is 18.0 Å². The standard InChI is InChI=1S/C22H19F3N4O2/c1-14-21(19(30)10-15-11-26-28(12-15)9-7-23)29-8-3-6-20(22(29)27-14)31-13-16-17(24)4-2-5-18(16)25/h2-6,8,11-12H,7,9-10,13H2,1H3. The Kier molecular flexibility index (Phi) is 5.75. The molecular weight excluding hydrogens is 409 g/mol. The monoisotopic (exact) mass is 428 g/mol. The van der Waals surface area contributed by atoms with Crippen LogP contribution in [0, 0.1) is 18.6 Å². The Morgan fingerprint density at radius 1 is 1.16 bits per heavy atom. The van der Waals surface area contributed by atoms with Gasteiger partial charge >= 0.3 is 0 Å². The van der Waals surface area contributed by atoms with Gasteiger partial charge in [-0.2, -0.15) is 5.10 Å². The summed E-state index contributed by atoms with van der Waals surface area (Å²) in [5.74, 6) is -1.29. The van der Waals surface area contributed by atoms with Crippen LogP contribution in [0.2, 0.25) is 0 Å². The summed E-state index contributed by atoms with van der Waals surface area (Å²) >= 11 is 0. The van der Waals surface area contributed by atoms with Crippen molar-refractivity contribution in [2.45, 2.75) is 26.5 Å². The highest BCUT2D eigenvalue weighted by molar-refractivity contribution is 5.98. The first-order valence-corrected chi connectivity index (χ1v) is 9.61. The summed E-state index contributed by atoms with van der Waals surface area (Å²) in [6.07, 6.45) is 4.91. The predicted molar refractivity (Wildman–Crippen MR) is 107 cm³/mol. The topological polar surface area (TPSA) is 61.4 Å². The van der Waals surface area contributed by atoms with Gasteiger partial charge < -0.3 is 4.74 Å². The molecule has 0 atom stereocenters. The van der Waals surface area contributed by atoms with E-state index in [0.29, 0.717) is 28.3 Å². The molecule has 160 valence electrons. The highest BCUT2D eigenvalue weighted by Crippen LogP contribution is 2.25. The van der Waals surface area contributed by atoms with Crippen LogP contribution in [0.15, 0.2) is 48.9 Å². The molecule has 3 aromatic heterocycles. The van der Waals surface area contributed by atoms with Gasteiger partial charge in [0.15, 0.2) is 17.2 Å². The van der Waals surface area contributed by atoms with Gasteiger partial charge in [-0.1, -0.05) is 6.07 Å². The Bertz CT molecular complexity index is 1230. The summed E-state index contributed by atoms with van der Waals surface area (Å²) in [6.45, 7) is 0.974. The van der Waals surface area contributed by atoms with Gasteiger partial charge in [-0.15, -0.1) is 0 Å². The number of carbonyl (C=O) groups excluding carboxylic acids is 1. The van der Waals surface area contributed by atoms with E-state index in [1.807, 2.05) is 0 Å². The van der Waals surface area contributed by atoms with Crippen LogP contribution in [0.25, 0.3) is 5.65 Å². The highest BCUT2D eigenvalue weighted by Gasteiger charge is 2.20. The molecule has 9 heteroatoms. The number of Topliss-reactive ketones (excluding diaryl/α,β-unsaturated/α-hetero) is 1. The van der Waals surface area contributed by atoms with Crippen molar-refractivity contribution in [1.82, 2.24) is 19.2 Å². The lowest BCUT2D eigenvalue weighted by Gasteiger charge is -2.09. The Hall–Kier alpha value is -3.62. The first-order valence-electron chi connectivity index (χ1n) is 9.61. The number of rotatable bonds is 8. The third-order valence-electron chi connectivity index (χ3n) is 4.85. The van der Waals surface area contributed by atoms with Gasteiger partial charge in [0, 0.05) is 18.8 Å². The Morgan fingerprint density at radius 3 is 2.68 bits per heavy atom. The molecule has 0 unspecified atom stereocenters. The number of pyridine rings is 1. The molecule has 0 amide bonds. The molecule has 0 fully saturated rings. The second-order valence-electron chi connectivity index (χ2n) is 7.00. The number of ether oxygens (including phenoxy) is 1. The minimum Gasteiger partial charge on any atom is -0.485 e. The number of imidazole rings is 1. The van der Waals surface area contributed by atoms with Crippen molar-refractivity contribution in [2.75, 3.05) is 6.67 Å². The molecule has 0 spiro atoms. The zero-order valence-electron chi connectivity index (χ0n) is 16.7. The van der Waals surface area contributed by atoms with Gasteiger partial charge in [0.2, 0.25) is 0 Å². The Morgan fingerprint density at radius 2 is 1.94 bits per heavy atom. The number of alkyl halides is 1. The fourth-order valence-corrected chi connectivity index (χ4v) is 3.40. The van der Waals surface area contributed by atoms with E-state index in [4.69, 9.17) is 4.74 Å². The van der Waals surface area contributed by atoms with Gasteiger partial charge in [-0.3, -0.25) is 13.9 Å². The fourth-order valence-electron chi connectivity index (χ4n) is 3.40. The molecule has 4 rings (SSSR count). The smallest absolute Gasteiger partial charge is 0.185 e. The molecule has 0 N–H and O–H groups in total. The normalized spacial score (nSPS) is 11.2. The maximum Gasteiger partial charge on any atom is 0.185 e. The summed E-state index contributed by atoms with van der Waals surface area (Å²) in [5.41, 5.74) is 1.71. The first-order chi connectivity index (χ1) is 15.0. The summed E-state index contributed by atoms with van der Waals surface area (Å²) in [5, 5.41) is 4.03. The largest absolute Gasteiger partial charge is 0.485 e. The average molecular weight is 428 g/mol. The number of hydrogen-bond donors (Lipinski definition) is 0. The van der Waals surface area contributed by atoms with E-state index in [1.165, 1.54) is 16.9 Å². The maximum absolute atomic E-state index is 13.9. The fraction of sp³-hybridized carbons (Fsp3) is 0.227. The van der Waals surface area contributed by atoms with E-state index in [-0.39, 0.29) is 30.9 Å². The van der Waals surface area contributed by atoms with Gasteiger partial charge in [-0.25, -0.2) is 18.2 Å². The quantitative estimate of drug-likeness (QED) is 0.397. The van der Waals surface area contributed by atoms with Gasteiger partial charge in [0.25, 0.3) is 0 Å². The molecule has 0 bridgehead atoms. The lowest BCUT2D eigenvalue weighted by Crippen LogP contribution is -2.09.